The minimum atomic E-state index is -0.377. The monoisotopic (exact) mass is 321 g/mol. The second kappa shape index (κ2) is 7.03. The highest BCUT2D eigenvalue weighted by molar-refractivity contribution is 8.15. The molecule has 23 heavy (non-hydrogen) atoms. The number of benzene rings is 3. The van der Waals surface area contributed by atoms with Crippen molar-refractivity contribution in [3.8, 4) is 0 Å². The summed E-state index contributed by atoms with van der Waals surface area (Å²) in [4.78, 5) is 12.8. The SMILES string of the molecule is O=[N+]([O-])c1ccc(C=S(c2ccccc2)c2ccccc2)cc1. The van der Waals surface area contributed by atoms with Crippen LogP contribution in [0.3, 0.4) is 0 Å². The van der Waals surface area contributed by atoms with Crippen molar-refractivity contribution in [2.75, 3.05) is 0 Å². The highest BCUT2D eigenvalue weighted by Crippen LogP contribution is 2.35. The van der Waals surface area contributed by atoms with Crippen LogP contribution in [0.25, 0.3) is 0 Å². The first-order chi connectivity index (χ1) is 11.2. The Bertz CT molecular complexity index is 787. The second-order valence-corrected chi connectivity index (χ2v) is 6.78. The Morgan fingerprint density at radius 2 is 1.22 bits per heavy atom. The van der Waals surface area contributed by atoms with Gasteiger partial charge in [0.25, 0.3) is 5.69 Å². The molecule has 0 unspecified atom stereocenters. The first-order valence-corrected chi connectivity index (χ1v) is 8.45. The molecule has 0 N–H and O–H groups in total. The van der Waals surface area contributed by atoms with Gasteiger partial charge in [0.1, 0.15) is 0 Å². The number of nitro groups is 1. The molecule has 0 aliphatic heterocycles. The van der Waals surface area contributed by atoms with Gasteiger partial charge < -0.3 is 0 Å². The van der Waals surface area contributed by atoms with Gasteiger partial charge in [-0.15, -0.1) is 10.5 Å². The maximum absolute atomic E-state index is 10.8. The lowest BCUT2D eigenvalue weighted by Crippen LogP contribution is -1.89. The van der Waals surface area contributed by atoms with Crippen LogP contribution < -0.4 is 0 Å². The largest absolute Gasteiger partial charge is 0.269 e. The molecule has 0 aromatic heterocycles. The zero-order chi connectivity index (χ0) is 16.1. The topological polar surface area (TPSA) is 43.1 Å². The van der Waals surface area contributed by atoms with Crippen LogP contribution in [-0.2, 0) is 0 Å². The molecule has 0 radical (unpaired) electrons. The van der Waals surface area contributed by atoms with Gasteiger partial charge in [-0.1, -0.05) is 36.4 Å². The molecule has 0 atom stereocenters. The fourth-order valence-electron chi connectivity index (χ4n) is 2.22. The minimum Gasteiger partial charge on any atom is -0.258 e. The summed E-state index contributed by atoms with van der Waals surface area (Å²) in [7, 11) is -0.214. The van der Waals surface area contributed by atoms with Crippen molar-refractivity contribution in [2.24, 2.45) is 0 Å². The zero-order valence-electron chi connectivity index (χ0n) is 12.3. The van der Waals surface area contributed by atoms with E-state index < -0.39 is 0 Å². The fraction of sp³-hybridized carbons (Fsp3) is 0. The summed E-state index contributed by atoms with van der Waals surface area (Å²) in [5, 5.41) is 12.9. The maximum atomic E-state index is 10.8. The number of rotatable bonds is 4. The zero-order valence-corrected chi connectivity index (χ0v) is 13.1. The number of hydrogen-bond acceptors (Lipinski definition) is 2. The van der Waals surface area contributed by atoms with Crippen molar-refractivity contribution in [3.63, 3.8) is 0 Å². The Labute approximate surface area is 137 Å². The average molecular weight is 321 g/mol. The van der Waals surface area contributed by atoms with E-state index in [2.05, 4.69) is 29.6 Å². The average Bonchev–Trinajstić information content (AvgIpc) is 2.61. The number of non-ortho nitro benzene ring substituents is 1. The van der Waals surface area contributed by atoms with Gasteiger partial charge in [-0.2, -0.15) is 0 Å². The summed E-state index contributed by atoms with van der Waals surface area (Å²) in [5.41, 5.74) is 1.09. The van der Waals surface area contributed by atoms with Crippen molar-refractivity contribution >= 4 is 21.5 Å². The molecule has 4 heteroatoms. The van der Waals surface area contributed by atoms with E-state index in [0.29, 0.717) is 0 Å². The van der Waals surface area contributed by atoms with Crippen LogP contribution in [0.5, 0.6) is 0 Å². The number of hydrogen-bond donors (Lipinski definition) is 0. The fourth-order valence-corrected chi connectivity index (χ4v) is 4.09. The molecule has 0 bridgehead atoms. The third-order valence-corrected chi connectivity index (χ3v) is 5.42. The summed E-state index contributed by atoms with van der Waals surface area (Å²) in [5.74, 6) is 0. The van der Waals surface area contributed by atoms with Crippen molar-refractivity contribution in [1.29, 1.82) is 0 Å². The molecule has 0 fully saturated rings. The lowest BCUT2D eigenvalue weighted by atomic mass is 10.2. The van der Waals surface area contributed by atoms with Gasteiger partial charge in [0.15, 0.2) is 0 Å². The van der Waals surface area contributed by atoms with Gasteiger partial charge in [-0.25, -0.2) is 0 Å². The normalized spacial score (nSPS) is 10.5. The summed E-state index contributed by atoms with van der Waals surface area (Å²) >= 11 is 0. The molecule has 3 nitrogen and oxygen atoms in total. The molecule has 0 saturated heterocycles. The molecule has 114 valence electrons. The number of nitrogens with zero attached hydrogens (tertiary/aromatic N) is 1. The van der Waals surface area contributed by atoms with E-state index in [-0.39, 0.29) is 21.1 Å². The van der Waals surface area contributed by atoms with Crippen LogP contribution in [0.1, 0.15) is 5.56 Å². The van der Waals surface area contributed by atoms with Crippen molar-refractivity contribution < 1.29 is 4.92 Å². The minimum absolute atomic E-state index is 0.112. The smallest absolute Gasteiger partial charge is 0.258 e. The van der Waals surface area contributed by atoms with Gasteiger partial charge in [0, 0.05) is 21.9 Å². The molecule has 0 saturated carbocycles. The quantitative estimate of drug-likeness (QED) is 0.380. The van der Waals surface area contributed by atoms with E-state index in [9.17, 15) is 10.1 Å². The van der Waals surface area contributed by atoms with Crippen LogP contribution in [0, 0.1) is 10.1 Å². The predicted octanol–water partition coefficient (Wildman–Crippen LogP) is 5.13. The van der Waals surface area contributed by atoms with Crippen LogP contribution in [0.2, 0.25) is 0 Å². The van der Waals surface area contributed by atoms with E-state index in [4.69, 9.17) is 0 Å². The molecule has 0 aliphatic rings. The highest BCUT2D eigenvalue weighted by Gasteiger charge is 2.06. The Morgan fingerprint density at radius 3 is 1.65 bits per heavy atom. The van der Waals surface area contributed by atoms with Crippen molar-refractivity contribution in [2.45, 2.75) is 9.79 Å². The summed E-state index contributed by atoms with van der Waals surface area (Å²) in [6, 6.07) is 27.2. The molecule has 0 spiro atoms. The standard InChI is InChI=1S/C19H15NO2S/c21-20(22)17-13-11-16(12-14-17)15-23(18-7-3-1-4-8-18)19-9-5-2-6-10-19/h1-15H. The first-order valence-electron chi connectivity index (χ1n) is 7.16. The van der Waals surface area contributed by atoms with Gasteiger partial charge >= 0.3 is 0 Å². The van der Waals surface area contributed by atoms with Crippen LogP contribution in [0.4, 0.5) is 5.69 Å². The summed E-state index contributed by atoms with van der Waals surface area (Å²) in [6.07, 6.45) is 0. The van der Waals surface area contributed by atoms with Crippen molar-refractivity contribution in [1.82, 2.24) is 0 Å². The van der Waals surface area contributed by atoms with Crippen LogP contribution in [0.15, 0.2) is 94.7 Å². The molecule has 0 amide bonds. The van der Waals surface area contributed by atoms with Crippen molar-refractivity contribution in [3.05, 3.63) is 101 Å². The van der Waals surface area contributed by atoms with Crippen LogP contribution >= 0.6 is 10.5 Å². The highest BCUT2D eigenvalue weighted by atomic mass is 32.2. The predicted molar refractivity (Wildman–Crippen MR) is 95.3 cm³/mol. The van der Waals surface area contributed by atoms with E-state index in [1.165, 1.54) is 9.79 Å². The molecular weight excluding hydrogens is 306 g/mol. The third-order valence-electron chi connectivity index (χ3n) is 3.35. The summed E-state index contributed by atoms with van der Waals surface area (Å²) in [6.45, 7) is 0. The Kier molecular flexibility index (Phi) is 4.64. The van der Waals surface area contributed by atoms with Gasteiger partial charge in [-0.3, -0.25) is 10.1 Å². The molecule has 0 heterocycles. The molecule has 0 aliphatic carbocycles. The van der Waals surface area contributed by atoms with E-state index in [1.807, 2.05) is 36.4 Å². The molecular formula is C19H15NO2S. The van der Waals surface area contributed by atoms with E-state index in [0.717, 1.165) is 5.56 Å². The molecule has 3 aromatic carbocycles. The third kappa shape index (κ3) is 3.73. The Balaban J connectivity index is 2.06. The lowest BCUT2D eigenvalue weighted by Gasteiger charge is -2.10. The number of nitro benzene ring substituents is 1. The van der Waals surface area contributed by atoms with Gasteiger partial charge in [-0.05, 0) is 47.3 Å². The second-order valence-electron chi connectivity index (χ2n) is 4.93. The summed E-state index contributed by atoms with van der Waals surface area (Å²) < 4.78 is 0. The van der Waals surface area contributed by atoms with Crippen LogP contribution in [-0.4, -0.2) is 10.3 Å². The van der Waals surface area contributed by atoms with Gasteiger partial charge in [0.05, 0.1) is 4.92 Å². The first kappa shape index (κ1) is 15.2. The Morgan fingerprint density at radius 1 is 0.739 bits per heavy atom. The molecule has 3 aromatic rings. The maximum Gasteiger partial charge on any atom is 0.269 e. The lowest BCUT2D eigenvalue weighted by molar-refractivity contribution is -0.384. The van der Waals surface area contributed by atoms with E-state index >= 15 is 0 Å². The van der Waals surface area contributed by atoms with Gasteiger partial charge in [0.2, 0.25) is 0 Å². The molecule has 3 rings (SSSR count). The van der Waals surface area contributed by atoms with E-state index in [1.54, 1.807) is 24.3 Å². The Hall–Kier alpha value is -2.72.